The van der Waals surface area contributed by atoms with E-state index in [1.165, 1.54) is 0 Å². The molecule has 0 bridgehead atoms. The summed E-state index contributed by atoms with van der Waals surface area (Å²) in [6, 6.07) is 7.64. The van der Waals surface area contributed by atoms with Crippen LogP contribution in [0, 0.1) is 5.92 Å². The summed E-state index contributed by atoms with van der Waals surface area (Å²) >= 11 is 0. The van der Waals surface area contributed by atoms with Crippen molar-refractivity contribution in [1.29, 1.82) is 0 Å². The Labute approximate surface area is 111 Å². The minimum Gasteiger partial charge on any atom is -0.399 e. The maximum Gasteiger partial charge on any atom is 0.143 e. The highest BCUT2D eigenvalue weighted by atomic mass is 16.1. The Balaban J connectivity index is 2.85. The van der Waals surface area contributed by atoms with Crippen molar-refractivity contribution in [2.45, 2.75) is 52.4 Å². The number of hydrogen-bond acceptors (Lipinski definition) is 2. The number of carbonyl (C=O) groups excluding carboxylic acids is 1. The summed E-state index contributed by atoms with van der Waals surface area (Å²) in [5, 5.41) is 0. The number of anilines is 1. The molecule has 2 N–H and O–H groups in total. The molecule has 100 valence electrons. The molecule has 0 heterocycles. The number of ketones is 1. The third-order valence-corrected chi connectivity index (χ3v) is 3.96. The molecule has 0 atom stereocenters. The first-order valence-electron chi connectivity index (χ1n) is 6.81. The van der Waals surface area contributed by atoms with Gasteiger partial charge in [0.1, 0.15) is 5.78 Å². The fourth-order valence-corrected chi connectivity index (χ4v) is 2.16. The van der Waals surface area contributed by atoms with E-state index in [0.29, 0.717) is 18.1 Å². The van der Waals surface area contributed by atoms with Crippen LogP contribution >= 0.6 is 0 Å². The fourth-order valence-electron chi connectivity index (χ4n) is 2.16. The monoisotopic (exact) mass is 247 g/mol. The van der Waals surface area contributed by atoms with E-state index in [2.05, 4.69) is 13.8 Å². The molecule has 0 aliphatic carbocycles. The van der Waals surface area contributed by atoms with Crippen molar-refractivity contribution in [3.8, 4) is 0 Å². The number of benzene rings is 1. The number of rotatable bonds is 6. The zero-order valence-electron chi connectivity index (χ0n) is 12.0. The number of Topliss-reactive ketones (excluding diaryl/α,β-unsaturated/α-hetero) is 1. The van der Waals surface area contributed by atoms with Crippen LogP contribution < -0.4 is 5.73 Å². The van der Waals surface area contributed by atoms with E-state index < -0.39 is 5.41 Å². The predicted molar refractivity (Wildman–Crippen MR) is 77.6 cm³/mol. The highest BCUT2D eigenvalue weighted by Gasteiger charge is 2.30. The van der Waals surface area contributed by atoms with Crippen LogP contribution in [0.1, 0.15) is 52.5 Å². The van der Waals surface area contributed by atoms with Gasteiger partial charge in [-0.1, -0.05) is 38.8 Å². The van der Waals surface area contributed by atoms with Gasteiger partial charge in [-0.3, -0.25) is 4.79 Å². The van der Waals surface area contributed by atoms with Crippen molar-refractivity contribution in [2.24, 2.45) is 5.92 Å². The minimum atomic E-state index is -0.420. The Morgan fingerprint density at radius 3 is 2.11 bits per heavy atom. The molecule has 1 aromatic carbocycles. The van der Waals surface area contributed by atoms with E-state index in [1.807, 2.05) is 38.1 Å². The van der Waals surface area contributed by atoms with Crippen LogP contribution in [0.4, 0.5) is 5.69 Å². The SMILES string of the molecule is CCC(CC)CC(=O)C(C)(C)c1ccc(N)cc1. The summed E-state index contributed by atoms with van der Waals surface area (Å²) in [6.45, 7) is 8.31. The summed E-state index contributed by atoms with van der Waals surface area (Å²) in [5.41, 5.74) is 7.05. The molecular weight excluding hydrogens is 222 g/mol. The minimum absolute atomic E-state index is 0.320. The average Bonchev–Trinajstić information content (AvgIpc) is 2.36. The standard InChI is InChI=1S/C16H25NO/c1-5-12(6-2)11-15(18)16(3,4)13-7-9-14(17)10-8-13/h7-10,12H,5-6,11,17H2,1-4H3. The summed E-state index contributed by atoms with van der Waals surface area (Å²) in [6.07, 6.45) is 2.81. The lowest BCUT2D eigenvalue weighted by Crippen LogP contribution is -2.30. The molecular formula is C16H25NO. The van der Waals surface area contributed by atoms with Crippen molar-refractivity contribution in [3.63, 3.8) is 0 Å². The Morgan fingerprint density at radius 1 is 1.17 bits per heavy atom. The van der Waals surface area contributed by atoms with E-state index in [4.69, 9.17) is 5.73 Å². The molecule has 2 nitrogen and oxygen atoms in total. The zero-order valence-corrected chi connectivity index (χ0v) is 12.0. The number of nitrogens with two attached hydrogens (primary N) is 1. The lowest BCUT2D eigenvalue weighted by Gasteiger charge is -2.26. The molecule has 2 heteroatoms. The number of nitrogen functional groups attached to an aromatic ring is 1. The molecule has 18 heavy (non-hydrogen) atoms. The van der Waals surface area contributed by atoms with Crippen molar-refractivity contribution < 1.29 is 4.79 Å². The Bertz CT molecular complexity index is 388. The second kappa shape index (κ2) is 6.03. The van der Waals surface area contributed by atoms with Crippen LogP contribution in [0.15, 0.2) is 24.3 Å². The van der Waals surface area contributed by atoms with Crippen LogP contribution in [0.3, 0.4) is 0 Å². The van der Waals surface area contributed by atoms with Crippen LogP contribution in [0.2, 0.25) is 0 Å². The molecule has 0 unspecified atom stereocenters. The van der Waals surface area contributed by atoms with Gasteiger partial charge in [0.2, 0.25) is 0 Å². The largest absolute Gasteiger partial charge is 0.399 e. The van der Waals surface area contributed by atoms with Crippen LogP contribution in [-0.2, 0) is 10.2 Å². The maximum absolute atomic E-state index is 12.4. The van der Waals surface area contributed by atoms with E-state index in [-0.39, 0.29) is 0 Å². The number of carbonyl (C=O) groups is 1. The molecule has 1 rings (SSSR count). The van der Waals surface area contributed by atoms with Gasteiger partial charge in [-0.05, 0) is 37.5 Å². The highest BCUT2D eigenvalue weighted by molar-refractivity contribution is 5.89. The molecule has 0 radical (unpaired) electrons. The fraction of sp³-hybridized carbons (Fsp3) is 0.562. The summed E-state index contributed by atoms with van der Waals surface area (Å²) in [7, 11) is 0. The van der Waals surface area contributed by atoms with Crippen LogP contribution in [0.5, 0.6) is 0 Å². The first kappa shape index (κ1) is 14.7. The van der Waals surface area contributed by atoms with E-state index >= 15 is 0 Å². The molecule has 0 saturated heterocycles. The summed E-state index contributed by atoms with van der Waals surface area (Å²) < 4.78 is 0. The molecule has 0 aliphatic rings. The maximum atomic E-state index is 12.4. The second-order valence-corrected chi connectivity index (χ2v) is 5.56. The molecule has 0 amide bonds. The van der Waals surface area contributed by atoms with Crippen molar-refractivity contribution in [2.75, 3.05) is 5.73 Å². The summed E-state index contributed by atoms with van der Waals surface area (Å²) in [5.74, 6) is 0.825. The predicted octanol–water partition coefficient (Wildman–Crippen LogP) is 3.94. The highest BCUT2D eigenvalue weighted by Crippen LogP contribution is 2.29. The van der Waals surface area contributed by atoms with Crippen LogP contribution in [0.25, 0.3) is 0 Å². The van der Waals surface area contributed by atoms with Gasteiger partial charge in [-0.15, -0.1) is 0 Å². The first-order valence-corrected chi connectivity index (χ1v) is 6.81. The first-order chi connectivity index (χ1) is 8.41. The van der Waals surface area contributed by atoms with Gasteiger partial charge in [0, 0.05) is 17.5 Å². The van der Waals surface area contributed by atoms with Gasteiger partial charge in [-0.25, -0.2) is 0 Å². The van der Waals surface area contributed by atoms with Crippen molar-refractivity contribution in [1.82, 2.24) is 0 Å². The van der Waals surface area contributed by atoms with Gasteiger partial charge >= 0.3 is 0 Å². The normalized spacial score (nSPS) is 11.8. The second-order valence-electron chi connectivity index (χ2n) is 5.56. The topological polar surface area (TPSA) is 43.1 Å². The quantitative estimate of drug-likeness (QED) is 0.774. The lowest BCUT2D eigenvalue weighted by atomic mass is 9.77. The average molecular weight is 247 g/mol. The zero-order chi connectivity index (χ0) is 13.8. The van der Waals surface area contributed by atoms with Gasteiger partial charge in [0.05, 0.1) is 0 Å². The van der Waals surface area contributed by atoms with Crippen LogP contribution in [-0.4, -0.2) is 5.78 Å². The van der Waals surface area contributed by atoms with Crippen molar-refractivity contribution >= 4 is 11.5 Å². The third-order valence-electron chi connectivity index (χ3n) is 3.96. The Hall–Kier alpha value is -1.31. The molecule has 0 spiro atoms. The van der Waals surface area contributed by atoms with Crippen molar-refractivity contribution in [3.05, 3.63) is 29.8 Å². The van der Waals surface area contributed by atoms with Gasteiger partial charge in [0.25, 0.3) is 0 Å². The molecule has 0 saturated carbocycles. The smallest absolute Gasteiger partial charge is 0.143 e. The van der Waals surface area contributed by atoms with E-state index in [1.54, 1.807) is 0 Å². The number of hydrogen-bond donors (Lipinski definition) is 1. The Kier molecular flexibility index (Phi) is 4.94. The van der Waals surface area contributed by atoms with Gasteiger partial charge in [0.15, 0.2) is 0 Å². The third kappa shape index (κ3) is 3.34. The summed E-state index contributed by atoms with van der Waals surface area (Å²) in [4.78, 5) is 12.4. The molecule has 0 aliphatic heterocycles. The molecule has 0 aromatic heterocycles. The van der Waals surface area contributed by atoms with E-state index in [9.17, 15) is 4.79 Å². The lowest BCUT2D eigenvalue weighted by molar-refractivity contribution is -0.124. The molecule has 0 fully saturated rings. The molecule has 1 aromatic rings. The van der Waals surface area contributed by atoms with Gasteiger partial charge in [-0.2, -0.15) is 0 Å². The van der Waals surface area contributed by atoms with E-state index in [0.717, 1.165) is 24.1 Å². The van der Waals surface area contributed by atoms with Gasteiger partial charge < -0.3 is 5.73 Å². The Morgan fingerprint density at radius 2 is 1.67 bits per heavy atom.